The average Bonchev–Trinajstić information content (AvgIpc) is 2.18. The maximum Gasteiger partial charge on any atom is 0.0602 e. The maximum absolute atomic E-state index is 9.46. The summed E-state index contributed by atoms with van der Waals surface area (Å²) in [5, 5.41) is 9.46. The Bertz CT molecular complexity index is 184. The summed E-state index contributed by atoms with van der Waals surface area (Å²) in [7, 11) is 0. The van der Waals surface area contributed by atoms with E-state index in [4.69, 9.17) is 5.73 Å². The van der Waals surface area contributed by atoms with Crippen LogP contribution in [-0.2, 0) is 0 Å². The van der Waals surface area contributed by atoms with Gasteiger partial charge in [0, 0.05) is 18.6 Å². The van der Waals surface area contributed by atoms with Crippen LogP contribution >= 0.6 is 0 Å². The van der Waals surface area contributed by atoms with E-state index >= 15 is 0 Å². The van der Waals surface area contributed by atoms with Gasteiger partial charge >= 0.3 is 0 Å². The number of rotatable bonds is 4. The van der Waals surface area contributed by atoms with Gasteiger partial charge in [0.05, 0.1) is 6.61 Å². The first kappa shape index (κ1) is 12.9. The quantitative estimate of drug-likeness (QED) is 0.736. The van der Waals surface area contributed by atoms with Crippen LogP contribution in [0.25, 0.3) is 0 Å². The standard InChI is InChI=1S/C12H26N2O/c1-9(2)12(13)11(8-15)14-6-4-5-10(3)7-14/h9-12,15H,4-8,13H2,1-3H3. The highest BCUT2D eigenvalue weighted by Crippen LogP contribution is 2.20. The highest BCUT2D eigenvalue weighted by Gasteiger charge is 2.29. The summed E-state index contributed by atoms with van der Waals surface area (Å²) in [5.74, 6) is 1.17. The van der Waals surface area contributed by atoms with Crippen molar-refractivity contribution in [2.75, 3.05) is 19.7 Å². The van der Waals surface area contributed by atoms with Gasteiger partial charge in [0.1, 0.15) is 0 Å². The van der Waals surface area contributed by atoms with Gasteiger partial charge in [-0.25, -0.2) is 0 Å². The lowest BCUT2D eigenvalue weighted by atomic mass is 9.92. The van der Waals surface area contributed by atoms with Gasteiger partial charge in [-0.15, -0.1) is 0 Å². The third-order valence-electron chi connectivity index (χ3n) is 3.56. The van der Waals surface area contributed by atoms with E-state index in [1.54, 1.807) is 0 Å². The van der Waals surface area contributed by atoms with Crippen LogP contribution < -0.4 is 5.73 Å². The molecule has 90 valence electrons. The SMILES string of the molecule is CC1CCCN(C(CO)C(N)C(C)C)C1. The monoisotopic (exact) mass is 214 g/mol. The minimum absolute atomic E-state index is 0.0836. The Balaban J connectivity index is 2.56. The van der Waals surface area contributed by atoms with Crippen molar-refractivity contribution in [3.05, 3.63) is 0 Å². The molecule has 3 N–H and O–H groups in total. The minimum Gasteiger partial charge on any atom is -0.395 e. The molecule has 1 heterocycles. The van der Waals surface area contributed by atoms with Gasteiger partial charge in [-0.1, -0.05) is 20.8 Å². The summed E-state index contributed by atoms with van der Waals surface area (Å²) in [6, 6.07) is 0.230. The van der Waals surface area contributed by atoms with Crippen LogP contribution in [0.1, 0.15) is 33.6 Å². The summed E-state index contributed by atoms with van der Waals surface area (Å²) >= 11 is 0. The van der Waals surface area contributed by atoms with E-state index in [2.05, 4.69) is 25.7 Å². The van der Waals surface area contributed by atoms with Crippen LogP contribution in [0, 0.1) is 11.8 Å². The Morgan fingerprint density at radius 2 is 2.13 bits per heavy atom. The smallest absolute Gasteiger partial charge is 0.0602 e. The van der Waals surface area contributed by atoms with E-state index in [9.17, 15) is 5.11 Å². The minimum atomic E-state index is 0.0836. The Hall–Kier alpha value is -0.120. The second-order valence-corrected chi connectivity index (χ2v) is 5.31. The summed E-state index contributed by atoms with van der Waals surface area (Å²) in [6.45, 7) is 8.90. The number of nitrogens with zero attached hydrogens (tertiary/aromatic N) is 1. The molecule has 3 atom stereocenters. The summed E-state index contributed by atoms with van der Waals surface area (Å²) < 4.78 is 0. The van der Waals surface area contributed by atoms with Crippen molar-refractivity contribution in [1.29, 1.82) is 0 Å². The van der Waals surface area contributed by atoms with Crippen molar-refractivity contribution in [1.82, 2.24) is 4.90 Å². The molecule has 1 aliphatic rings. The first-order chi connectivity index (χ1) is 7.06. The summed E-state index contributed by atoms with van der Waals surface area (Å²) in [6.07, 6.45) is 2.55. The van der Waals surface area contributed by atoms with Gasteiger partial charge in [-0.3, -0.25) is 4.90 Å². The molecule has 3 unspecified atom stereocenters. The van der Waals surface area contributed by atoms with Gasteiger partial charge in [0.2, 0.25) is 0 Å². The number of hydrogen-bond acceptors (Lipinski definition) is 3. The van der Waals surface area contributed by atoms with E-state index in [1.807, 2.05) is 0 Å². The summed E-state index contributed by atoms with van der Waals surface area (Å²) in [5.41, 5.74) is 6.15. The first-order valence-corrected chi connectivity index (χ1v) is 6.16. The largest absolute Gasteiger partial charge is 0.395 e. The van der Waals surface area contributed by atoms with Crippen molar-refractivity contribution in [2.45, 2.75) is 45.7 Å². The van der Waals surface area contributed by atoms with Gasteiger partial charge in [-0.05, 0) is 31.2 Å². The van der Waals surface area contributed by atoms with Crippen molar-refractivity contribution in [3.63, 3.8) is 0 Å². The van der Waals surface area contributed by atoms with E-state index < -0.39 is 0 Å². The van der Waals surface area contributed by atoms with E-state index in [-0.39, 0.29) is 18.7 Å². The van der Waals surface area contributed by atoms with Crippen molar-refractivity contribution in [2.24, 2.45) is 17.6 Å². The molecule has 0 bridgehead atoms. The zero-order valence-corrected chi connectivity index (χ0v) is 10.3. The fraction of sp³-hybridized carbons (Fsp3) is 1.00. The Labute approximate surface area is 93.6 Å². The molecule has 0 spiro atoms. The molecule has 0 radical (unpaired) electrons. The first-order valence-electron chi connectivity index (χ1n) is 6.16. The average molecular weight is 214 g/mol. The van der Waals surface area contributed by atoms with E-state index in [0.29, 0.717) is 5.92 Å². The molecule has 0 aromatic heterocycles. The van der Waals surface area contributed by atoms with Crippen LogP contribution in [0.2, 0.25) is 0 Å². The zero-order valence-electron chi connectivity index (χ0n) is 10.3. The molecule has 3 heteroatoms. The van der Waals surface area contributed by atoms with Gasteiger partial charge in [0.15, 0.2) is 0 Å². The molecule has 1 saturated heterocycles. The number of nitrogens with two attached hydrogens (primary N) is 1. The van der Waals surface area contributed by atoms with E-state index in [1.165, 1.54) is 12.8 Å². The maximum atomic E-state index is 9.46. The topological polar surface area (TPSA) is 49.5 Å². The van der Waals surface area contributed by atoms with Crippen LogP contribution in [0.5, 0.6) is 0 Å². The molecule has 0 aliphatic carbocycles. The highest BCUT2D eigenvalue weighted by molar-refractivity contribution is 4.86. The van der Waals surface area contributed by atoms with Crippen LogP contribution in [0.3, 0.4) is 0 Å². The van der Waals surface area contributed by atoms with E-state index in [0.717, 1.165) is 19.0 Å². The normalized spacial score (nSPS) is 28.0. The molecular formula is C12H26N2O. The molecule has 0 aromatic rings. The molecule has 1 aliphatic heterocycles. The van der Waals surface area contributed by atoms with Crippen molar-refractivity contribution < 1.29 is 5.11 Å². The Morgan fingerprint density at radius 1 is 1.47 bits per heavy atom. The Morgan fingerprint density at radius 3 is 2.60 bits per heavy atom. The Kier molecular flexibility index (Phi) is 5.03. The number of piperidine rings is 1. The molecule has 0 amide bonds. The second-order valence-electron chi connectivity index (χ2n) is 5.31. The number of aliphatic hydroxyl groups excluding tert-OH is 1. The third kappa shape index (κ3) is 3.44. The predicted octanol–water partition coefficient (Wildman–Crippen LogP) is 1.06. The third-order valence-corrected chi connectivity index (χ3v) is 3.56. The molecule has 0 aromatic carbocycles. The molecule has 1 fully saturated rings. The number of aliphatic hydroxyl groups is 1. The number of hydrogen-bond donors (Lipinski definition) is 2. The van der Waals surface area contributed by atoms with Gasteiger partial charge < -0.3 is 10.8 Å². The predicted molar refractivity (Wildman–Crippen MR) is 63.7 cm³/mol. The second kappa shape index (κ2) is 5.83. The van der Waals surface area contributed by atoms with Crippen LogP contribution in [0.15, 0.2) is 0 Å². The fourth-order valence-electron chi connectivity index (χ4n) is 2.45. The molecule has 3 nitrogen and oxygen atoms in total. The lowest BCUT2D eigenvalue weighted by Gasteiger charge is -2.40. The van der Waals surface area contributed by atoms with Gasteiger partial charge in [0.25, 0.3) is 0 Å². The fourth-order valence-corrected chi connectivity index (χ4v) is 2.45. The molecule has 15 heavy (non-hydrogen) atoms. The molecule has 0 saturated carbocycles. The molecule has 1 rings (SSSR count). The van der Waals surface area contributed by atoms with Gasteiger partial charge in [-0.2, -0.15) is 0 Å². The summed E-state index contributed by atoms with van der Waals surface area (Å²) in [4.78, 5) is 2.37. The van der Waals surface area contributed by atoms with Crippen molar-refractivity contribution in [3.8, 4) is 0 Å². The zero-order chi connectivity index (χ0) is 11.4. The van der Waals surface area contributed by atoms with Crippen LogP contribution in [0.4, 0.5) is 0 Å². The number of likely N-dealkylation sites (tertiary alicyclic amines) is 1. The lowest BCUT2D eigenvalue weighted by Crippen LogP contribution is -2.54. The van der Waals surface area contributed by atoms with Crippen LogP contribution in [-0.4, -0.2) is 41.8 Å². The highest BCUT2D eigenvalue weighted by atomic mass is 16.3. The lowest BCUT2D eigenvalue weighted by molar-refractivity contribution is 0.0595. The molecular weight excluding hydrogens is 188 g/mol. The van der Waals surface area contributed by atoms with Crippen molar-refractivity contribution >= 4 is 0 Å².